The smallest absolute Gasteiger partial charge is 0.252 e. The van der Waals surface area contributed by atoms with Crippen LogP contribution >= 0.6 is 0 Å². The average Bonchev–Trinajstić information content (AvgIpc) is 2.76. The third-order valence-electron chi connectivity index (χ3n) is 6.31. The molecule has 1 aliphatic heterocycles. The second kappa shape index (κ2) is 10.8. The van der Waals surface area contributed by atoms with E-state index in [0.717, 1.165) is 67.8 Å². The Balaban J connectivity index is 1.74. The average molecular weight is 411 g/mol. The summed E-state index contributed by atoms with van der Waals surface area (Å²) in [6, 6.07) is 10.1. The second-order valence-corrected chi connectivity index (χ2v) is 8.78. The highest BCUT2D eigenvalue weighted by molar-refractivity contribution is 6.07. The van der Waals surface area contributed by atoms with Crippen LogP contribution in [0, 0.1) is 5.92 Å². The number of rotatable bonds is 9. The van der Waals surface area contributed by atoms with Gasteiger partial charge in [-0.15, -0.1) is 0 Å². The van der Waals surface area contributed by atoms with Gasteiger partial charge < -0.3 is 15.1 Å². The van der Waals surface area contributed by atoms with Crippen LogP contribution in [0.2, 0.25) is 0 Å². The Morgan fingerprint density at radius 3 is 2.80 bits per heavy atom. The maximum absolute atomic E-state index is 13.2. The lowest BCUT2D eigenvalue weighted by molar-refractivity contribution is 0.0939. The van der Waals surface area contributed by atoms with Gasteiger partial charge in [0.25, 0.3) is 5.91 Å². The molecule has 2 heterocycles. The van der Waals surface area contributed by atoms with E-state index in [1.54, 1.807) is 0 Å². The molecular weight excluding hydrogens is 372 g/mol. The molecule has 2 unspecified atom stereocenters. The zero-order chi connectivity index (χ0) is 21.5. The van der Waals surface area contributed by atoms with Gasteiger partial charge in [0.15, 0.2) is 0 Å². The van der Waals surface area contributed by atoms with E-state index < -0.39 is 0 Å². The number of aromatic nitrogens is 1. The fourth-order valence-electron chi connectivity index (χ4n) is 4.44. The number of pyridine rings is 1. The number of amides is 1. The first-order valence-corrected chi connectivity index (χ1v) is 11.7. The standard InChI is InChI=1S/C25H38N4O/c1-5-28(6-2)15-10-12-20(4)26-25(30)22-17-24(29-16-9-11-19(3)18-29)27-23-14-8-7-13-21(22)23/h7-8,13-14,17,19-20H,5-6,9-12,15-16,18H2,1-4H3,(H,26,30). The molecule has 1 N–H and O–H groups in total. The molecule has 1 fully saturated rings. The topological polar surface area (TPSA) is 48.5 Å². The van der Waals surface area contributed by atoms with Crippen LogP contribution < -0.4 is 10.2 Å². The minimum Gasteiger partial charge on any atom is -0.356 e. The van der Waals surface area contributed by atoms with E-state index in [1.807, 2.05) is 30.3 Å². The van der Waals surface area contributed by atoms with Crippen LogP contribution in [0.1, 0.15) is 63.7 Å². The van der Waals surface area contributed by atoms with Gasteiger partial charge in [0.05, 0.1) is 11.1 Å². The molecule has 5 heteroatoms. The van der Waals surface area contributed by atoms with Gasteiger partial charge in [0, 0.05) is 24.5 Å². The van der Waals surface area contributed by atoms with Gasteiger partial charge in [-0.3, -0.25) is 4.79 Å². The highest BCUT2D eigenvalue weighted by atomic mass is 16.1. The number of fused-ring (bicyclic) bond motifs is 1. The molecular formula is C25H38N4O. The predicted molar refractivity (Wildman–Crippen MR) is 126 cm³/mol. The molecule has 3 rings (SSSR count). The van der Waals surface area contributed by atoms with Crippen LogP contribution in [0.25, 0.3) is 10.9 Å². The first-order chi connectivity index (χ1) is 14.5. The Morgan fingerprint density at radius 1 is 1.30 bits per heavy atom. The molecule has 5 nitrogen and oxygen atoms in total. The number of piperidine rings is 1. The lowest BCUT2D eigenvalue weighted by atomic mass is 10.00. The quantitative estimate of drug-likeness (QED) is 0.650. The van der Waals surface area contributed by atoms with Gasteiger partial charge in [-0.1, -0.05) is 39.0 Å². The minimum absolute atomic E-state index is 0.00949. The first kappa shape index (κ1) is 22.5. The van der Waals surface area contributed by atoms with Crippen LogP contribution in [0.15, 0.2) is 30.3 Å². The summed E-state index contributed by atoms with van der Waals surface area (Å²) in [7, 11) is 0. The number of nitrogens with one attached hydrogen (secondary N) is 1. The molecule has 2 atom stereocenters. The van der Waals surface area contributed by atoms with E-state index in [-0.39, 0.29) is 11.9 Å². The normalized spacial score (nSPS) is 18.0. The fraction of sp³-hybridized carbons (Fsp3) is 0.600. The van der Waals surface area contributed by atoms with Crippen molar-refractivity contribution in [1.82, 2.24) is 15.2 Å². The van der Waals surface area contributed by atoms with Gasteiger partial charge in [-0.05, 0) is 70.3 Å². The Morgan fingerprint density at radius 2 is 2.07 bits per heavy atom. The van der Waals surface area contributed by atoms with Gasteiger partial charge in [-0.2, -0.15) is 0 Å². The van der Waals surface area contributed by atoms with Crippen molar-refractivity contribution in [3.8, 4) is 0 Å². The van der Waals surface area contributed by atoms with Crippen LogP contribution in [0.4, 0.5) is 5.82 Å². The third-order valence-corrected chi connectivity index (χ3v) is 6.31. The number of benzene rings is 1. The fourth-order valence-corrected chi connectivity index (χ4v) is 4.44. The molecule has 164 valence electrons. The summed E-state index contributed by atoms with van der Waals surface area (Å²) in [5.41, 5.74) is 1.64. The summed E-state index contributed by atoms with van der Waals surface area (Å²) in [5.74, 6) is 1.60. The molecule has 0 radical (unpaired) electrons. The molecule has 1 aromatic carbocycles. The van der Waals surface area contributed by atoms with E-state index in [1.165, 1.54) is 12.8 Å². The largest absolute Gasteiger partial charge is 0.356 e. The lowest BCUT2D eigenvalue weighted by Gasteiger charge is -2.32. The molecule has 0 aliphatic carbocycles. The summed E-state index contributed by atoms with van der Waals surface area (Å²) in [6.07, 6.45) is 4.53. The summed E-state index contributed by atoms with van der Waals surface area (Å²) >= 11 is 0. The van der Waals surface area contributed by atoms with Gasteiger partial charge in [0.2, 0.25) is 0 Å². The SMILES string of the molecule is CCN(CC)CCCC(C)NC(=O)c1cc(N2CCCC(C)C2)nc2ccccc12. The number of anilines is 1. The molecule has 1 amide bonds. The van der Waals surface area contributed by atoms with Gasteiger partial charge in [-0.25, -0.2) is 4.98 Å². The van der Waals surface area contributed by atoms with Crippen molar-refractivity contribution < 1.29 is 4.79 Å². The minimum atomic E-state index is 0.00949. The predicted octanol–water partition coefficient (Wildman–Crippen LogP) is 4.71. The van der Waals surface area contributed by atoms with Crippen molar-refractivity contribution in [1.29, 1.82) is 0 Å². The zero-order valence-corrected chi connectivity index (χ0v) is 19.2. The van der Waals surface area contributed by atoms with Crippen molar-refractivity contribution in [2.75, 3.05) is 37.6 Å². The van der Waals surface area contributed by atoms with Crippen molar-refractivity contribution in [3.63, 3.8) is 0 Å². The monoisotopic (exact) mass is 410 g/mol. The highest BCUT2D eigenvalue weighted by Crippen LogP contribution is 2.26. The first-order valence-electron chi connectivity index (χ1n) is 11.7. The number of nitrogens with zero attached hydrogens (tertiary/aromatic N) is 3. The maximum Gasteiger partial charge on any atom is 0.252 e. The lowest BCUT2D eigenvalue weighted by Crippen LogP contribution is -2.36. The summed E-state index contributed by atoms with van der Waals surface area (Å²) < 4.78 is 0. The van der Waals surface area contributed by atoms with E-state index in [9.17, 15) is 4.79 Å². The molecule has 1 aromatic heterocycles. The van der Waals surface area contributed by atoms with E-state index in [2.05, 4.69) is 42.8 Å². The number of carbonyl (C=O) groups excluding carboxylic acids is 1. The summed E-state index contributed by atoms with van der Waals surface area (Å²) in [5, 5.41) is 4.16. The van der Waals surface area contributed by atoms with E-state index in [0.29, 0.717) is 5.92 Å². The Bertz CT molecular complexity index is 833. The number of carbonyl (C=O) groups is 1. The van der Waals surface area contributed by atoms with Crippen molar-refractivity contribution in [3.05, 3.63) is 35.9 Å². The van der Waals surface area contributed by atoms with Crippen LogP contribution in [-0.4, -0.2) is 54.6 Å². The van der Waals surface area contributed by atoms with Crippen LogP contribution in [0.3, 0.4) is 0 Å². The number of para-hydroxylation sites is 1. The molecule has 0 bridgehead atoms. The Hall–Kier alpha value is -2.14. The summed E-state index contributed by atoms with van der Waals surface area (Å²) in [4.78, 5) is 22.9. The third kappa shape index (κ3) is 5.72. The van der Waals surface area contributed by atoms with Crippen LogP contribution in [0.5, 0.6) is 0 Å². The molecule has 30 heavy (non-hydrogen) atoms. The molecule has 2 aromatic rings. The maximum atomic E-state index is 13.2. The van der Waals surface area contributed by atoms with Crippen molar-refractivity contribution in [2.45, 2.75) is 59.4 Å². The van der Waals surface area contributed by atoms with Crippen LogP contribution in [-0.2, 0) is 0 Å². The molecule has 0 spiro atoms. The number of hydrogen-bond acceptors (Lipinski definition) is 4. The highest BCUT2D eigenvalue weighted by Gasteiger charge is 2.21. The van der Waals surface area contributed by atoms with Gasteiger partial charge >= 0.3 is 0 Å². The molecule has 1 aliphatic rings. The van der Waals surface area contributed by atoms with Crippen molar-refractivity contribution in [2.24, 2.45) is 5.92 Å². The second-order valence-electron chi connectivity index (χ2n) is 8.78. The molecule has 0 saturated carbocycles. The van der Waals surface area contributed by atoms with E-state index in [4.69, 9.17) is 4.98 Å². The molecule has 1 saturated heterocycles. The van der Waals surface area contributed by atoms with Gasteiger partial charge in [0.1, 0.15) is 5.82 Å². The Labute approximate surface area is 181 Å². The Kier molecular flexibility index (Phi) is 8.08. The zero-order valence-electron chi connectivity index (χ0n) is 19.2. The number of hydrogen-bond donors (Lipinski definition) is 1. The van der Waals surface area contributed by atoms with E-state index >= 15 is 0 Å². The summed E-state index contributed by atoms with van der Waals surface area (Å²) in [6.45, 7) is 14.1. The van der Waals surface area contributed by atoms with Crippen molar-refractivity contribution >= 4 is 22.6 Å².